The number of hydrogen-bond acceptors (Lipinski definition) is 4. The van der Waals surface area contributed by atoms with E-state index in [9.17, 15) is 23.1 Å². The summed E-state index contributed by atoms with van der Waals surface area (Å²) in [6, 6.07) is 11.8. The van der Waals surface area contributed by atoms with Crippen LogP contribution in [-0.4, -0.2) is 37.6 Å². The van der Waals surface area contributed by atoms with Crippen LogP contribution < -0.4 is 9.47 Å². The molecule has 0 fully saturated rings. The van der Waals surface area contributed by atoms with E-state index in [0.29, 0.717) is 16.9 Å². The van der Waals surface area contributed by atoms with Crippen LogP contribution in [0.3, 0.4) is 0 Å². The van der Waals surface area contributed by atoms with Gasteiger partial charge in [-0.05, 0) is 47.9 Å². The predicted octanol–water partition coefficient (Wildman–Crippen LogP) is 5.11. The van der Waals surface area contributed by atoms with Crippen LogP contribution in [0.5, 0.6) is 11.5 Å². The molecule has 2 aromatic rings. The molecule has 8 heteroatoms. The number of methoxy groups -OCH3 is 1. The van der Waals surface area contributed by atoms with Crippen LogP contribution in [0, 0.1) is 0 Å². The molecule has 2 rings (SSSR count). The molecule has 0 amide bonds. The number of nitrogens with zero attached hydrogens (tertiary/aromatic N) is 1. The van der Waals surface area contributed by atoms with Gasteiger partial charge in [-0.3, -0.25) is 9.79 Å². The fourth-order valence-electron chi connectivity index (χ4n) is 2.88. The molecule has 0 aromatic heterocycles. The van der Waals surface area contributed by atoms with Gasteiger partial charge in [0, 0.05) is 7.05 Å². The first-order chi connectivity index (χ1) is 14.2. The van der Waals surface area contributed by atoms with Crippen molar-refractivity contribution < 1.29 is 32.5 Å². The Labute approximate surface area is 172 Å². The van der Waals surface area contributed by atoms with Crippen LogP contribution in [0.1, 0.15) is 24.5 Å². The number of para-hydroxylation sites is 1. The molecule has 160 valence electrons. The van der Waals surface area contributed by atoms with Crippen molar-refractivity contribution in [1.82, 2.24) is 0 Å². The van der Waals surface area contributed by atoms with Crippen molar-refractivity contribution in [2.75, 3.05) is 20.8 Å². The Morgan fingerprint density at radius 1 is 1.10 bits per heavy atom. The van der Waals surface area contributed by atoms with Gasteiger partial charge in [0.15, 0.2) is 0 Å². The first kappa shape index (κ1) is 23.0. The van der Waals surface area contributed by atoms with Gasteiger partial charge >= 0.3 is 12.1 Å². The zero-order valence-corrected chi connectivity index (χ0v) is 16.8. The van der Waals surface area contributed by atoms with Gasteiger partial charge in [0.2, 0.25) is 0 Å². The predicted molar refractivity (Wildman–Crippen MR) is 108 cm³/mol. The first-order valence-corrected chi connectivity index (χ1v) is 8.98. The molecule has 0 aliphatic heterocycles. The second-order valence-corrected chi connectivity index (χ2v) is 6.36. The third-order valence-corrected chi connectivity index (χ3v) is 4.48. The number of carbonyl (C=O) groups is 1. The van der Waals surface area contributed by atoms with Gasteiger partial charge < -0.3 is 14.6 Å². The van der Waals surface area contributed by atoms with Gasteiger partial charge in [-0.1, -0.05) is 24.3 Å². The number of rotatable bonds is 8. The third-order valence-electron chi connectivity index (χ3n) is 4.48. The number of aliphatic carboxylic acids is 1. The largest absolute Gasteiger partial charge is 0.497 e. The Balaban J connectivity index is 2.37. The molecule has 0 radical (unpaired) electrons. The van der Waals surface area contributed by atoms with E-state index in [1.54, 1.807) is 31.2 Å². The lowest BCUT2D eigenvalue weighted by molar-refractivity contribution is -0.139. The van der Waals surface area contributed by atoms with Crippen LogP contribution in [-0.2, 0) is 11.0 Å². The number of carboxylic acids is 1. The van der Waals surface area contributed by atoms with Crippen LogP contribution in [0.4, 0.5) is 13.2 Å². The summed E-state index contributed by atoms with van der Waals surface area (Å²) in [4.78, 5) is 15.5. The van der Waals surface area contributed by atoms with Crippen LogP contribution >= 0.6 is 0 Å². The third kappa shape index (κ3) is 5.85. The summed E-state index contributed by atoms with van der Waals surface area (Å²) < 4.78 is 50.1. The SMILES string of the molecule is CN=C(COc1ccccc1C(F)(F)F)/C(CC(=O)O)=C(\C)c1ccc(OC)cc1. The highest BCUT2D eigenvalue weighted by Crippen LogP contribution is 2.36. The van der Waals surface area contributed by atoms with Crippen molar-refractivity contribution in [3.05, 3.63) is 65.2 Å². The normalized spacial score (nSPS) is 12.9. The van der Waals surface area contributed by atoms with E-state index in [0.717, 1.165) is 11.6 Å². The standard InChI is InChI=1S/C22H22F3NO4/c1-14(15-8-10-16(29-3)11-9-15)17(12-21(27)28)19(26-2)13-30-20-7-5-4-6-18(20)22(23,24)25/h4-11H,12-13H2,1-3H3,(H,27,28)/b17-14+,26-19?. The van der Waals surface area contributed by atoms with Crippen LogP contribution in [0.25, 0.3) is 5.57 Å². The van der Waals surface area contributed by atoms with Crippen molar-refractivity contribution >= 4 is 17.3 Å². The molecule has 0 saturated carbocycles. The minimum Gasteiger partial charge on any atom is -0.497 e. The fraction of sp³-hybridized carbons (Fsp3) is 0.273. The maximum absolute atomic E-state index is 13.2. The maximum atomic E-state index is 13.2. The summed E-state index contributed by atoms with van der Waals surface area (Å²) in [6.07, 6.45) is -4.92. The molecule has 0 aliphatic carbocycles. The van der Waals surface area contributed by atoms with Crippen molar-refractivity contribution in [3.8, 4) is 11.5 Å². The highest BCUT2D eigenvalue weighted by Gasteiger charge is 2.34. The number of ether oxygens (including phenoxy) is 2. The van der Waals surface area contributed by atoms with Crippen LogP contribution in [0.2, 0.25) is 0 Å². The number of benzene rings is 2. The molecule has 30 heavy (non-hydrogen) atoms. The van der Waals surface area contributed by atoms with Crippen molar-refractivity contribution in [1.29, 1.82) is 0 Å². The average molecular weight is 421 g/mol. The summed E-state index contributed by atoms with van der Waals surface area (Å²) in [5.74, 6) is -0.791. The smallest absolute Gasteiger partial charge is 0.419 e. The monoisotopic (exact) mass is 421 g/mol. The van der Waals surface area contributed by atoms with E-state index in [4.69, 9.17) is 9.47 Å². The molecular formula is C22H22F3NO4. The lowest BCUT2D eigenvalue weighted by Gasteiger charge is -2.17. The Hall–Kier alpha value is -3.29. The summed E-state index contributed by atoms with van der Waals surface area (Å²) in [5, 5.41) is 9.34. The van der Waals surface area contributed by atoms with E-state index < -0.39 is 17.7 Å². The Bertz CT molecular complexity index is 948. The quantitative estimate of drug-likeness (QED) is 0.602. The summed E-state index contributed by atoms with van der Waals surface area (Å²) in [7, 11) is 2.98. The molecule has 0 aliphatic rings. The Morgan fingerprint density at radius 2 is 1.73 bits per heavy atom. The Morgan fingerprint density at radius 3 is 2.27 bits per heavy atom. The van der Waals surface area contributed by atoms with E-state index in [1.165, 1.54) is 32.4 Å². The van der Waals surface area contributed by atoms with E-state index in [2.05, 4.69) is 4.99 Å². The van der Waals surface area contributed by atoms with Crippen LogP contribution in [0.15, 0.2) is 59.1 Å². The zero-order chi connectivity index (χ0) is 22.3. The van der Waals surface area contributed by atoms with Gasteiger partial charge in [0.25, 0.3) is 0 Å². The van der Waals surface area contributed by atoms with Gasteiger partial charge in [-0.25, -0.2) is 0 Å². The number of aliphatic imine (C=N–C) groups is 1. The molecule has 0 atom stereocenters. The van der Waals surface area contributed by atoms with Crippen molar-refractivity contribution in [2.24, 2.45) is 4.99 Å². The number of allylic oxidation sites excluding steroid dienone is 1. The fourth-order valence-corrected chi connectivity index (χ4v) is 2.88. The Kier molecular flexibility index (Phi) is 7.63. The van der Waals surface area contributed by atoms with Gasteiger partial charge in [0.05, 0.1) is 24.8 Å². The molecule has 0 heterocycles. The number of carboxylic acid groups (broad SMARTS) is 1. The molecule has 5 nitrogen and oxygen atoms in total. The van der Waals surface area contributed by atoms with Crippen molar-refractivity contribution in [2.45, 2.75) is 19.5 Å². The highest BCUT2D eigenvalue weighted by molar-refractivity contribution is 6.09. The lowest BCUT2D eigenvalue weighted by atomic mass is 9.95. The minimum atomic E-state index is -4.57. The summed E-state index contributed by atoms with van der Waals surface area (Å²) >= 11 is 0. The topological polar surface area (TPSA) is 68.1 Å². The van der Waals surface area contributed by atoms with Gasteiger partial charge in [-0.15, -0.1) is 0 Å². The zero-order valence-electron chi connectivity index (χ0n) is 16.8. The summed E-state index contributed by atoms with van der Waals surface area (Å²) in [5.41, 5.74) is 1.09. The minimum absolute atomic E-state index is 0.252. The second kappa shape index (κ2) is 9.96. The average Bonchev–Trinajstić information content (AvgIpc) is 2.72. The van der Waals surface area contributed by atoms with Gasteiger partial charge in [0.1, 0.15) is 18.1 Å². The number of hydrogen-bond donors (Lipinski definition) is 1. The van der Waals surface area contributed by atoms with E-state index in [-0.39, 0.29) is 24.5 Å². The number of alkyl halides is 3. The molecule has 2 aromatic carbocycles. The highest BCUT2D eigenvalue weighted by atomic mass is 19.4. The molecular weight excluding hydrogens is 399 g/mol. The van der Waals surface area contributed by atoms with E-state index >= 15 is 0 Å². The maximum Gasteiger partial charge on any atom is 0.419 e. The van der Waals surface area contributed by atoms with E-state index in [1.807, 2.05) is 0 Å². The first-order valence-electron chi connectivity index (χ1n) is 8.98. The molecule has 0 bridgehead atoms. The number of halogens is 3. The lowest BCUT2D eigenvalue weighted by Crippen LogP contribution is -2.19. The summed E-state index contributed by atoms with van der Waals surface area (Å²) in [6.45, 7) is 1.43. The van der Waals surface area contributed by atoms with Crippen molar-refractivity contribution in [3.63, 3.8) is 0 Å². The van der Waals surface area contributed by atoms with Gasteiger partial charge in [-0.2, -0.15) is 13.2 Å². The second-order valence-electron chi connectivity index (χ2n) is 6.36. The molecule has 1 N–H and O–H groups in total. The molecule has 0 spiro atoms. The molecule has 0 saturated heterocycles. The molecule has 0 unspecified atom stereocenters.